The topological polar surface area (TPSA) is 92.0 Å². The zero-order valence-electron chi connectivity index (χ0n) is 7.32. The van der Waals surface area contributed by atoms with Crippen molar-refractivity contribution in [3.8, 4) is 5.75 Å². The zero-order valence-corrected chi connectivity index (χ0v) is 7.32. The fraction of sp³-hybridized carbons (Fsp3) is 0.111. The van der Waals surface area contributed by atoms with Crippen LogP contribution in [0.3, 0.4) is 0 Å². The summed E-state index contributed by atoms with van der Waals surface area (Å²) in [4.78, 5) is 18.0. The summed E-state index contributed by atoms with van der Waals surface area (Å²) in [5.74, 6) is 0.354. The molecular weight excluding hydrogens is 182 g/mol. The SMILES string of the molecule is NCc1nc2c(O)cccc2c(=O)[nH]1. The number of nitrogens with one attached hydrogen (secondary N) is 1. The van der Waals surface area contributed by atoms with E-state index < -0.39 is 0 Å². The predicted molar refractivity (Wildman–Crippen MR) is 51.9 cm³/mol. The number of H-pyrrole nitrogens is 1. The van der Waals surface area contributed by atoms with Crippen molar-refractivity contribution in [2.24, 2.45) is 5.73 Å². The van der Waals surface area contributed by atoms with Gasteiger partial charge < -0.3 is 15.8 Å². The first kappa shape index (κ1) is 8.71. The lowest BCUT2D eigenvalue weighted by Gasteiger charge is -2.01. The Hall–Kier alpha value is -1.88. The molecule has 0 fully saturated rings. The first-order chi connectivity index (χ1) is 6.72. The molecule has 0 amide bonds. The monoisotopic (exact) mass is 191 g/mol. The highest BCUT2D eigenvalue weighted by atomic mass is 16.3. The molecule has 0 spiro atoms. The number of rotatable bonds is 1. The number of aromatic nitrogens is 2. The minimum Gasteiger partial charge on any atom is -0.506 e. The first-order valence-electron chi connectivity index (χ1n) is 4.13. The van der Waals surface area contributed by atoms with Gasteiger partial charge >= 0.3 is 0 Å². The number of nitrogens with zero attached hydrogens (tertiary/aromatic N) is 1. The molecule has 4 N–H and O–H groups in total. The second kappa shape index (κ2) is 3.12. The molecule has 0 atom stereocenters. The van der Waals surface area contributed by atoms with Gasteiger partial charge in [-0.3, -0.25) is 4.79 Å². The highest BCUT2D eigenvalue weighted by Crippen LogP contribution is 2.18. The average Bonchev–Trinajstić information content (AvgIpc) is 2.19. The first-order valence-corrected chi connectivity index (χ1v) is 4.13. The molecule has 0 saturated heterocycles. The third-order valence-electron chi connectivity index (χ3n) is 1.96. The van der Waals surface area contributed by atoms with E-state index in [4.69, 9.17) is 5.73 Å². The minimum atomic E-state index is -0.286. The van der Waals surface area contributed by atoms with Gasteiger partial charge in [0.05, 0.1) is 11.9 Å². The fourth-order valence-electron chi connectivity index (χ4n) is 1.29. The molecule has 0 aliphatic rings. The van der Waals surface area contributed by atoms with Crippen molar-refractivity contribution in [2.75, 3.05) is 0 Å². The van der Waals surface area contributed by atoms with Gasteiger partial charge in [-0.2, -0.15) is 0 Å². The molecule has 1 aromatic carbocycles. The van der Waals surface area contributed by atoms with E-state index in [9.17, 15) is 9.90 Å². The second-order valence-electron chi connectivity index (χ2n) is 2.89. The summed E-state index contributed by atoms with van der Waals surface area (Å²) < 4.78 is 0. The molecule has 0 radical (unpaired) electrons. The number of hydrogen-bond donors (Lipinski definition) is 3. The van der Waals surface area contributed by atoms with Gasteiger partial charge in [-0.15, -0.1) is 0 Å². The Balaban J connectivity index is 2.91. The van der Waals surface area contributed by atoms with Gasteiger partial charge in [0.1, 0.15) is 17.1 Å². The van der Waals surface area contributed by atoms with Gasteiger partial charge in [0.15, 0.2) is 0 Å². The number of phenols is 1. The van der Waals surface area contributed by atoms with E-state index in [1.165, 1.54) is 6.07 Å². The highest BCUT2D eigenvalue weighted by Gasteiger charge is 2.05. The maximum absolute atomic E-state index is 11.4. The second-order valence-corrected chi connectivity index (χ2v) is 2.89. The lowest BCUT2D eigenvalue weighted by molar-refractivity contribution is 0.480. The van der Waals surface area contributed by atoms with E-state index in [-0.39, 0.29) is 23.4 Å². The summed E-state index contributed by atoms with van der Waals surface area (Å²) in [6, 6.07) is 4.67. The van der Waals surface area contributed by atoms with E-state index in [0.29, 0.717) is 11.2 Å². The van der Waals surface area contributed by atoms with Crippen molar-refractivity contribution >= 4 is 10.9 Å². The van der Waals surface area contributed by atoms with Crippen LogP contribution in [0.5, 0.6) is 5.75 Å². The van der Waals surface area contributed by atoms with Gasteiger partial charge in [0.2, 0.25) is 0 Å². The summed E-state index contributed by atoms with van der Waals surface area (Å²) in [7, 11) is 0. The van der Waals surface area contributed by atoms with Gasteiger partial charge in [-0.05, 0) is 12.1 Å². The number of fused-ring (bicyclic) bond motifs is 1. The van der Waals surface area contributed by atoms with E-state index >= 15 is 0 Å². The largest absolute Gasteiger partial charge is 0.506 e. The van der Waals surface area contributed by atoms with Crippen molar-refractivity contribution in [3.05, 3.63) is 34.4 Å². The van der Waals surface area contributed by atoms with E-state index in [1.807, 2.05) is 0 Å². The van der Waals surface area contributed by atoms with Crippen molar-refractivity contribution in [1.29, 1.82) is 0 Å². The number of aromatic amines is 1. The summed E-state index contributed by atoms with van der Waals surface area (Å²) in [6.45, 7) is 0.138. The summed E-state index contributed by atoms with van der Waals surface area (Å²) in [6.07, 6.45) is 0. The lowest BCUT2D eigenvalue weighted by atomic mass is 10.2. The number of phenolic OH excluding ortho intramolecular Hbond substituents is 1. The fourth-order valence-corrected chi connectivity index (χ4v) is 1.29. The van der Waals surface area contributed by atoms with Gasteiger partial charge in [0, 0.05) is 0 Å². The van der Waals surface area contributed by atoms with E-state index in [2.05, 4.69) is 9.97 Å². The molecule has 2 rings (SSSR count). The molecule has 14 heavy (non-hydrogen) atoms. The molecule has 5 nitrogen and oxygen atoms in total. The maximum Gasteiger partial charge on any atom is 0.258 e. The van der Waals surface area contributed by atoms with Crippen LogP contribution < -0.4 is 11.3 Å². The summed E-state index contributed by atoms with van der Waals surface area (Å²) >= 11 is 0. The van der Waals surface area contributed by atoms with E-state index in [0.717, 1.165) is 0 Å². The van der Waals surface area contributed by atoms with Crippen LogP contribution in [0.2, 0.25) is 0 Å². The number of hydrogen-bond acceptors (Lipinski definition) is 4. The third-order valence-corrected chi connectivity index (χ3v) is 1.96. The van der Waals surface area contributed by atoms with Crippen LogP contribution in [-0.2, 0) is 6.54 Å². The zero-order chi connectivity index (χ0) is 10.1. The quantitative estimate of drug-likeness (QED) is 0.595. The van der Waals surface area contributed by atoms with Gasteiger partial charge in [-0.25, -0.2) is 4.98 Å². The van der Waals surface area contributed by atoms with Crippen molar-refractivity contribution in [3.63, 3.8) is 0 Å². The maximum atomic E-state index is 11.4. The molecule has 0 aliphatic carbocycles. The smallest absolute Gasteiger partial charge is 0.258 e. The molecule has 0 bridgehead atoms. The Morgan fingerprint density at radius 2 is 2.29 bits per heavy atom. The third kappa shape index (κ3) is 1.23. The summed E-state index contributed by atoms with van der Waals surface area (Å²) in [5.41, 5.74) is 5.35. The van der Waals surface area contributed by atoms with Crippen LogP contribution in [-0.4, -0.2) is 15.1 Å². The number of aromatic hydroxyl groups is 1. The normalized spacial score (nSPS) is 10.6. The number of nitrogens with two attached hydrogens (primary N) is 1. The summed E-state index contributed by atoms with van der Waals surface area (Å²) in [5, 5.41) is 9.82. The Labute approximate surface area is 79.2 Å². The minimum absolute atomic E-state index is 0.0108. The molecule has 72 valence electrons. The molecular formula is C9H9N3O2. The van der Waals surface area contributed by atoms with Crippen LogP contribution in [0.25, 0.3) is 10.9 Å². The van der Waals surface area contributed by atoms with Crippen molar-refractivity contribution < 1.29 is 5.11 Å². The standard InChI is InChI=1S/C9H9N3O2/c10-4-7-11-8-5(9(14)12-7)2-1-3-6(8)13/h1-3,13H,4,10H2,(H,11,12,14). The van der Waals surface area contributed by atoms with Crippen LogP contribution in [0.15, 0.2) is 23.0 Å². The Kier molecular flexibility index (Phi) is 1.94. The van der Waals surface area contributed by atoms with Crippen LogP contribution in [0.1, 0.15) is 5.82 Å². The van der Waals surface area contributed by atoms with Crippen LogP contribution in [0.4, 0.5) is 0 Å². The Morgan fingerprint density at radius 3 is 3.00 bits per heavy atom. The van der Waals surface area contributed by atoms with Gasteiger partial charge in [-0.1, -0.05) is 6.07 Å². The number of para-hydroxylation sites is 1. The Morgan fingerprint density at radius 1 is 1.50 bits per heavy atom. The lowest BCUT2D eigenvalue weighted by Crippen LogP contribution is -2.14. The molecule has 1 aromatic heterocycles. The molecule has 5 heteroatoms. The average molecular weight is 191 g/mol. The molecule has 0 unspecified atom stereocenters. The molecule has 0 saturated carbocycles. The van der Waals surface area contributed by atoms with Crippen molar-refractivity contribution in [2.45, 2.75) is 6.54 Å². The van der Waals surface area contributed by atoms with Crippen molar-refractivity contribution in [1.82, 2.24) is 9.97 Å². The van der Waals surface area contributed by atoms with Crippen LogP contribution >= 0.6 is 0 Å². The van der Waals surface area contributed by atoms with Crippen LogP contribution in [0, 0.1) is 0 Å². The Bertz CT molecular complexity index is 533. The predicted octanol–water partition coefficient (Wildman–Crippen LogP) is 0.0874. The van der Waals surface area contributed by atoms with Gasteiger partial charge in [0.25, 0.3) is 5.56 Å². The number of benzene rings is 1. The van der Waals surface area contributed by atoms with E-state index in [1.54, 1.807) is 12.1 Å². The molecule has 2 aromatic rings. The highest BCUT2D eigenvalue weighted by molar-refractivity contribution is 5.83. The molecule has 0 aliphatic heterocycles. The molecule has 1 heterocycles.